The van der Waals surface area contributed by atoms with Crippen LogP contribution in [0.2, 0.25) is 0 Å². The summed E-state index contributed by atoms with van der Waals surface area (Å²) < 4.78 is 7.18. The van der Waals surface area contributed by atoms with Gasteiger partial charge >= 0.3 is 5.97 Å². The number of fused-ring (bicyclic) bond motifs is 1. The van der Waals surface area contributed by atoms with Crippen LogP contribution >= 0.6 is 0 Å². The van der Waals surface area contributed by atoms with E-state index in [1.54, 1.807) is 0 Å². The molecule has 2 heterocycles. The van der Waals surface area contributed by atoms with Crippen LogP contribution in [0.15, 0.2) is 0 Å². The molecular formula is C10H14N2O3. The lowest BCUT2D eigenvalue weighted by molar-refractivity contribution is -0.136. The molecule has 0 amide bonds. The Balaban J connectivity index is 2.40. The molecule has 1 aromatic heterocycles. The van der Waals surface area contributed by atoms with Gasteiger partial charge in [-0.05, 0) is 13.8 Å². The third kappa shape index (κ3) is 1.74. The zero-order valence-electron chi connectivity index (χ0n) is 8.86. The average Bonchev–Trinajstić information content (AvgIpc) is 2.66. The van der Waals surface area contributed by atoms with Gasteiger partial charge in [-0.25, -0.2) is 0 Å². The van der Waals surface area contributed by atoms with E-state index in [0.29, 0.717) is 18.9 Å². The fourth-order valence-electron chi connectivity index (χ4n) is 1.84. The monoisotopic (exact) mass is 210 g/mol. The van der Waals surface area contributed by atoms with E-state index in [9.17, 15) is 4.79 Å². The van der Waals surface area contributed by atoms with Crippen molar-refractivity contribution < 1.29 is 14.6 Å². The number of carboxylic acids is 1. The van der Waals surface area contributed by atoms with Crippen molar-refractivity contribution in [3.63, 3.8) is 0 Å². The third-order valence-electron chi connectivity index (χ3n) is 2.49. The predicted molar refractivity (Wildman–Crippen MR) is 52.4 cm³/mol. The summed E-state index contributed by atoms with van der Waals surface area (Å²) in [6.07, 6.45) is -0.0224. The van der Waals surface area contributed by atoms with Gasteiger partial charge in [0.1, 0.15) is 0 Å². The van der Waals surface area contributed by atoms with Crippen molar-refractivity contribution in [2.45, 2.75) is 39.5 Å². The third-order valence-corrected chi connectivity index (χ3v) is 2.49. The summed E-state index contributed by atoms with van der Waals surface area (Å²) in [6, 6.07) is 0.239. The van der Waals surface area contributed by atoms with Gasteiger partial charge in [0.2, 0.25) is 0 Å². The Labute approximate surface area is 87.7 Å². The number of aliphatic carboxylic acids is 1. The summed E-state index contributed by atoms with van der Waals surface area (Å²) in [6.45, 7) is 5.08. The molecule has 0 aromatic carbocycles. The van der Waals surface area contributed by atoms with Crippen LogP contribution in [-0.2, 0) is 29.2 Å². The van der Waals surface area contributed by atoms with E-state index in [-0.39, 0.29) is 12.5 Å². The molecule has 0 bridgehead atoms. The van der Waals surface area contributed by atoms with Crippen LogP contribution < -0.4 is 0 Å². The number of carboxylic acid groups (broad SMARTS) is 1. The first-order valence-corrected chi connectivity index (χ1v) is 4.98. The van der Waals surface area contributed by atoms with Crippen molar-refractivity contribution in [2.75, 3.05) is 0 Å². The molecule has 0 spiro atoms. The lowest BCUT2D eigenvalue weighted by Crippen LogP contribution is -2.08. The number of ether oxygens (including phenoxy) is 1. The summed E-state index contributed by atoms with van der Waals surface area (Å²) in [5, 5.41) is 13.1. The molecule has 2 rings (SSSR count). The van der Waals surface area contributed by atoms with Gasteiger partial charge < -0.3 is 9.84 Å². The minimum atomic E-state index is -0.849. The van der Waals surface area contributed by atoms with E-state index in [1.807, 2.05) is 18.5 Å². The van der Waals surface area contributed by atoms with E-state index < -0.39 is 5.97 Å². The highest BCUT2D eigenvalue weighted by Crippen LogP contribution is 2.26. The SMILES string of the molecule is CC(C)n1nc(CC(=O)O)c2c1COC2. The maximum Gasteiger partial charge on any atom is 0.309 e. The number of nitrogens with zero attached hydrogens (tertiary/aromatic N) is 2. The Morgan fingerprint density at radius 3 is 2.93 bits per heavy atom. The molecule has 0 fully saturated rings. The number of hydrogen-bond acceptors (Lipinski definition) is 3. The van der Waals surface area contributed by atoms with Gasteiger partial charge in [0.05, 0.1) is 31.0 Å². The van der Waals surface area contributed by atoms with E-state index in [2.05, 4.69) is 5.10 Å². The van der Waals surface area contributed by atoms with Crippen LogP contribution in [0.1, 0.15) is 36.8 Å². The minimum Gasteiger partial charge on any atom is -0.481 e. The Morgan fingerprint density at radius 1 is 1.60 bits per heavy atom. The molecule has 1 aliphatic heterocycles. The molecule has 0 unspecified atom stereocenters. The van der Waals surface area contributed by atoms with Gasteiger partial charge in [0.15, 0.2) is 0 Å². The molecule has 1 aliphatic rings. The molecule has 5 nitrogen and oxygen atoms in total. The van der Waals surface area contributed by atoms with Crippen molar-refractivity contribution in [2.24, 2.45) is 0 Å². The second-order valence-electron chi connectivity index (χ2n) is 3.97. The Bertz CT molecular complexity index is 396. The van der Waals surface area contributed by atoms with Crippen molar-refractivity contribution in [3.05, 3.63) is 17.0 Å². The Morgan fingerprint density at radius 2 is 2.33 bits per heavy atom. The van der Waals surface area contributed by atoms with Crippen LogP contribution in [-0.4, -0.2) is 20.9 Å². The van der Waals surface area contributed by atoms with Gasteiger partial charge in [-0.1, -0.05) is 0 Å². The molecule has 0 aliphatic carbocycles. The largest absolute Gasteiger partial charge is 0.481 e. The molecule has 1 N–H and O–H groups in total. The predicted octanol–water partition coefficient (Wildman–Crippen LogP) is 1.12. The summed E-state index contributed by atoms with van der Waals surface area (Å²) in [5.41, 5.74) is 2.64. The van der Waals surface area contributed by atoms with Crippen LogP contribution in [0.4, 0.5) is 0 Å². The maximum absolute atomic E-state index is 10.7. The van der Waals surface area contributed by atoms with Crippen LogP contribution in [0.5, 0.6) is 0 Å². The lowest BCUT2D eigenvalue weighted by Gasteiger charge is -2.08. The van der Waals surface area contributed by atoms with E-state index in [0.717, 1.165) is 11.3 Å². The van der Waals surface area contributed by atoms with Gasteiger partial charge in [-0.3, -0.25) is 9.48 Å². The van der Waals surface area contributed by atoms with Crippen molar-refractivity contribution in [1.29, 1.82) is 0 Å². The topological polar surface area (TPSA) is 64.4 Å². The standard InChI is InChI=1S/C10H14N2O3/c1-6(2)12-9-5-15-4-7(9)8(11-12)3-10(13)14/h6H,3-5H2,1-2H3,(H,13,14). The molecule has 5 heteroatoms. The number of aromatic nitrogens is 2. The molecule has 1 aromatic rings. The first-order valence-electron chi connectivity index (χ1n) is 4.98. The fourth-order valence-corrected chi connectivity index (χ4v) is 1.84. The molecule has 0 saturated heterocycles. The Kier molecular flexibility index (Phi) is 2.48. The smallest absolute Gasteiger partial charge is 0.309 e. The quantitative estimate of drug-likeness (QED) is 0.812. The van der Waals surface area contributed by atoms with Crippen LogP contribution in [0.25, 0.3) is 0 Å². The van der Waals surface area contributed by atoms with Crippen LogP contribution in [0.3, 0.4) is 0 Å². The summed E-state index contributed by atoms with van der Waals surface area (Å²) in [7, 11) is 0. The average molecular weight is 210 g/mol. The first kappa shape index (κ1) is 10.2. The number of rotatable bonds is 3. The molecule has 0 saturated carbocycles. The molecular weight excluding hydrogens is 196 g/mol. The van der Waals surface area contributed by atoms with Gasteiger partial charge in [-0.2, -0.15) is 5.10 Å². The van der Waals surface area contributed by atoms with Gasteiger partial charge in [-0.15, -0.1) is 0 Å². The summed E-state index contributed by atoms with van der Waals surface area (Å²) in [4.78, 5) is 10.7. The van der Waals surface area contributed by atoms with Crippen molar-refractivity contribution >= 4 is 5.97 Å². The van der Waals surface area contributed by atoms with E-state index in [4.69, 9.17) is 9.84 Å². The molecule has 82 valence electrons. The van der Waals surface area contributed by atoms with E-state index >= 15 is 0 Å². The maximum atomic E-state index is 10.7. The molecule has 15 heavy (non-hydrogen) atoms. The number of carbonyl (C=O) groups is 1. The van der Waals surface area contributed by atoms with Crippen molar-refractivity contribution in [1.82, 2.24) is 9.78 Å². The molecule has 0 radical (unpaired) electrons. The minimum absolute atomic E-state index is 0.0224. The summed E-state index contributed by atoms with van der Waals surface area (Å²) in [5.74, 6) is -0.849. The first-order chi connectivity index (χ1) is 7.09. The zero-order chi connectivity index (χ0) is 11.0. The van der Waals surface area contributed by atoms with Crippen LogP contribution in [0, 0.1) is 0 Å². The van der Waals surface area contributed by atoms with Crippen molar-refractivity contribution in [3.8, 4) is 0 Å². The fraction of sp³-hybridized carbons (Fsp3) is 0.600. The number of hydrogen-bond donors (Lipinski definition) is 1. The zero-order valence-corrected chi connectivity index (χ0v) is 8.86. The highest BCUT2D eigenvalue weighted by molar-refractivity contribution is 5.70. The Hall–Kier alpha value is -1.36. The van der Waals surface area contributed by atoms with E-state index in [1.165, 1.54) is 0 Å². The second-order valence-corrected chi connectivity index (χ2v) is 3.97. The summed E-state index contributed by atoms with van der Waals surface area (Å²) >= 11 is 0. The lowest BCUT2D eigenvalue weighted by atomic mass is 10.1. The van der Waals surface area contributed by atoms with Gasteiger partial charge in [0, 0.05) is 11.6 Å². The normalized spacial score (nSPS) is 14.6. The molecule has 0 atom stereocenters. The van der Waals surface area contributed by atoms with Gasteiger partial charge in [0.25, 0.3) is 0 Å². The highest BCUT2D eigenvalue weighted by Gasteiger charge is 2.24. The highest BCUT2D eigenvalue weighted by atomic mass is 16.5. The second kappa shape index (κ2) is 3.66.